The van der Waals surface area contributed by atoms with Crippen LogP contribution in [0.15, 0.2) is 34.3 Å². The lowest BCUT2D eigenvalue weighted by Gasteiger charge is -2.47. The van der Waals surface area contributed by atoms with Gasteiger partial charge in [-0.3, -0.25) is 0 Å². The maximum atomic E-state index is 12.8. The summed E-state index contributed by atoms with van der Waals surface area (Å²) in [4.78, 5) is 14.3. The van der Waals surface area contributed by atoms with E-state index in [0.29, 0.717) is 15.8 Å². The average molecular weight is 510 g/mol. The number of nitriles is 3. The van der Waals surface area contributed by atoms with Crippen molar-refractivity contribution in [2.24, 2.45) is 17.3 Å². The number of nitrogens with one attached hydrogen (secondary N) is 1. The van der Waals surface area contributed by atoms with Crippen molar-refractivity contribution in [3.05, 3.63) is 39.9 Å². The Bertz CT molecular complexity index is 1130. The van der Waals surface area contributed by atoms with Gasteiger partial charge in [-0.25, -0.2) is 4.79 Å². The molecule has 1 aromatic rings. The molecule has 0 aromatic heterocycles. The normalized spacial score (nSPS) is 23.8. The van der Waals surface area contributed by atoms with E-state index >= 15 is 0 Å². The Morgan fingerprint density at radius 2 is 1.94 bits per heavy atom. The molecule has 33 heavy (non-hydrogen) atoms. The van der Waals surface area contributed by atoms with Crippen LogP contribution in [0.4, 0.5) is 4.79 Å². The number of nitrogens with zero attached hydrogens (tertiary/aromatic N) is 4. The van der Waals surface area contributed by atoms with Gasteiger partial charge in [-0.15, -0.1) is 0 Å². The van der Waals surface area contributed by atoms with E-state index in [2.05, 4.69) is 22.0 Å². The fourth-order valence-corrected chi connectivity index (χ4v) is 5.08. The number of ether oxygens (including phenoxy) is 2. The third-order valence-corrected chi connectivity index (χ3v) is 6.60. The molecule has 1 aromatic carbocycles. The zero-order chi connectivity index (χ0) is 24.6. The second kappa shape index (κ2) is 8.89. The highest BCUT2D eigenvalue weighted by Crippen LogP contribution is 2.52. The van der Waals surface area contributed by atoms with E-state index in [9.17, 15) is 20.6 Å². The SMILES string of the molecule is COc1ccc([C@H]2[C@@H]3CN(C(=O)OC(C)(C)C)CC=C3C(C#N)(C#N)C(=N)[C@@H]2C#N)cc1Br. The Labute approximate surface area is 201 Å². The van der Waals surface area contributed by atoms with Gasteiger partial charge in [-0.1, -0.05) is 12.1 Å². The van der Waals surface area contributed by atoms with Crippen molar-refractivity contribution >= 4 is 27.7 Å². The first-order chi connectivity index (χ1) is 15.5. The van der Waals surface area contributed by atoms with Crippen LogP contribution >= 0.6 is 15.9 Å². The fraction of sp³-hybridized carbons (Fsp3) is 0.458. The predicted molar refractivity (Wildman–Crippen MR) is 123 cm³/mol. The Balaban J connectivity index is 2.16. The predicted octanol–water partition coefficient (Wildman–Crippen LogP) is 4.54. The summed E-state index contributed by atoms with van der Waals surface area (Å²) in [5, 5.41) is 38.7. The summed E-state index contributed by atoms with van der Waals surface area (Å²) in [5.41, 5.74) is -1.56. The first kappa shape index (κ1) is 24.3. The van der Waals surface area contributed by atoms with Crippen molar-refractivity contribution in [3.8, 4) is 24.0 Å². The summed E-state index contributed by atoms with van der Waals surface area (Å²) in [6, 6.07) is 11.5. The number of benzene rings is 1. The molecule has 1 aliphatic carbocycles. The number of hydrogen-bond donors (Lipinski definition) is 1. The number of amides is 1. The van der Waals surface area contributed by atoms with E-state index in [1.165, 1.54) is 4.90 Å². The van der Waals surface area contributed by atoms with Crippen LogP contribution in [-0.2, 0) is 4.74 Å². The number of carbonyl (C=O) groups is 1. The molecule has 2 aliphatic rings. The van der Waals surface area contributed by atoms with Crippen molar-refractivity contribution in [2.45, 2.75) is 32.3 Å². The molecule has 3 rings (SSSR count). The lowest BCUT2D eigenvalue weighted by atomic mass is 9.55. The van der Waals surface area contributed by atoms with Gasteiger partial charge >= 0.3 is 6.09 Å². The maximum Gasteiger partial charge on any atom is 0.410 e. The monoisotopic (exact) mass is 509 g/mol. The number of carbonyl (C=O) groups excluding carboxylic acids is 1. The molecule has 9 heteroatoms. The van der Waals surface area contributed by atoms with Crippen molar-refractivity contribution in [1.29, 1.82) is 21.2 Å². The van der Waals surface area contributed by atoms with Crippen LogP contribution in [-0.4, -0.2) is 42.5 Å². The standard InChI is InChI=1S/C24H24BrN5O3/c1-23(2,3)33-22(31)30-8-7-17-16(11-30)20(14-5-6-19(32-4)18(25)9-14)15(10-26)21(29)24(17,12-27)13-28/h5-7,9,15-16,20,29H,8,11H2,1-4H3/t15-,16-,20-/m1/s1. The molecule has 1 fully saturated rings. The number of rotatable bonds is 2. The van der Waals surface area contributed by atoms with Gasteiger partial charge in [0, 0.05) is 24.9 Å². The van der Waals surface area contributed by atoms with Gasteiger partial charge in [0.1, 0.15) is 11.4 Å². The smallest absolute Gasteiger partial charge is 0.410 e. The van der Waals surface area contributed by atoms with Gasteiger partial charge in [-0.05, 0) is 60.0 Å². The highest BCUT2D eigenvalue weighted by Gasteiger charge is 2.57. The molecular weight excluding hydrogens is 486 g/mol. The van der Waals surface area contributed by atoms with E-state index in [4.69, 9.17) is 14.9 Å². The molecule has 1 N–H and O–H groups in total. The van der Waals surface area contributed by atoms with Crippen LogP contribution in [0.1, 0.15) is 32.3 Å². The Morgan fingerprint density at radius 1 is 1.27 bits per heavy atom. The molecule has 170 valence electrons. The molecule has 1 amide bonds. The summed E-state index contributed by atoms with van der Waals surface area (Å²) >= 11 is 3.47. The molecule has 0 unspecified atom stereocenters. The van der Waals surface area contributed by atoms with Crippen molar-refractivity contribution < 1.29 is 14.3 Å². The number of methoxy groups -OCH3 is 1. The van der Waals surface area contributed by atoms with Crippen LogP contribution in [0.3, 0.4) is 0 Å². The molecular formula is C24H24BrN5O3. The van der Waals surface area contributed by atoms with Gasteiger partial charge in [0.15, 0.2) is 0 Å². The molecule has 8 nitrogen and oxygen atoms in total. The average Bonchev–Trinajstić information content (AvgIpc) is 2.77. The van der Waals surface area contributed by atoms with Gasteiger partial charge in [-0.2, -0.15) is 15.8 Å². The Kier molecular flexibility index (Phi) is 6.54. The van der Waals surface area contributed by atoms with E-state index in [-0.39, 0.29) is 18.8 Å². The number of halogens is 1. The highest BCUT2D eigenvalue weighted by molar-refractivity contribution is 9.10. The van der Waals surface area contributed by atoms with Gasteiger partial charge < -0.3 is 19.8 Å². The summed E-state index contributed by atoms with van der Waals surface area (Å²) in [7, 11) is 1.54. The molecule has 1 aliphatic heterocycles. The summed E-state index contributed by atoms with van der Waals surface area (Å²) in [6.45, 7) is 5.63. The van der Waals surface area contributed by atoms with E-state index in [1.54, 1.807) is 40.0 Å². The van der Waals surface area contributed by atoms with Crippen molar-refractivity contribution in [2.75, 3.05) is 20.2 Å². The summed E-state index contributed by atoms with van der Waals surface area (Å²) < 4.78 is 11.5. The minimum absolute atomic E-state index is 0.148. The Hall–Kier alpha value is -3.35. The fourth-order valence-electron chi connectivity index (χ4n) is 4.52. The summed E-state index contributed by atoms with van der Waals surface area (Å²) in [6.07, 6.45) is 1.15. The molecule has 1 saturated carbocycles. The highest BCUT2D eigenvalue weighted by atomic mass is 79.9. The molecule has 0 radical (unpaired) electrons. The van der Waals surface area contributed by atoms with Crippen LogP contribution in [0.25, 0.3) is 0 Å². The lowest BCUT2D eigenvalue weighted by Crippen LogP contribution is -2.53. The van der Waals surface area contributed by atoms with Crippen molar-refractivity contribution in [1.82, 2.24) is 4.90 Å². The summed E-state index contributed by atoms with van der Waals surface area (Å²) in [5.74, 6) is -1.48. The first-order valence-corrected chi connectivity index (χ1v) is 11.1. The van der Waals surface area contributed by atoms with Crippen molar-refractivity contribution in [3.63, 3.8) is 0 Å². The Morgan fingerprint density at radius 3 is 2.45 bits per heavy atom. The minimum atomic E-state index is -1.84. The zero-order valence-corrected chi connectivity index (χ0v) is 20.4. The number of fused-ring (bicyclic) bond motifs is 1. The molecule has 3 atom stereocenters. The first-order valence-electron chi connectivity index (χ1n) is 10.4. The topological polar surface area (TPSA) is 134 Å². The van der Waals surface area contributed by atoms with Gasteiger partial charge in [0.05, 0.1) is 41.4 Å². The maximum absolute atomic E-state index is 12.8. The number of hydrogen-bond acceptors (Lipinski definition) is 7. The van der Waals surface area contributed by atoms with Gasteiger partial charge in [0.2, 0.25) is 5.41 Å². The van der Waals surface area contributed by atoms with E-state index < -0.39 is 34.9 Å². The van der Waals surface area contributed by atoms with Crippen LogP contribution in [0.5, 0.6) is 5.75 Å². The third kappa shape index (κ3) is 4.19. The van der Waals surface area contributed by atoms with E-state index in [0.717, 1.165) is 5.56 Å². The molecule has 0 bridgehead atoms. The van der Waals surface area contributed by atoms with Crippen LogP contribution < -0.4 is 4.74 Å². The van der Waals surface area contributed by atoms with Crippen LogP contribution in [0.2, 0.25) is 0 Å². The zero-order valence-electron chi connectivity index (χ0n) is 18.8. The second-order valence-corrected chi connectivity index (χ2v) is 9.92. The minimum Gasteiger partial charge on any atom is -0.496 e. The quantitative estimate of drug-likeness (QED) is 0.581. The van der Waals surface area contributed by atoms with E-state index in [1.807, 2.05) is 24.3 Å². The molecule has 0 spiro atoms. The van der Waals surface area contributed by atoms with Gasteiger partial charge in [0.25, 0.3) is 0 Å². The lowest BCUT2D eigenvalue weighted by molar-refractivity contribution is 0.0223. The largest absolute Gasteiger partial charge is 0.496 e. The second-order valence-electron chi connectivity index (χ2n) is 9.07. The third-order valence-electron chi connectivity index (χ3n) is 5.98. The molecule has 0 saturated heterocycles. The molecule has 1 heterocycles. The van der Waals surface area contributed by atoms with Crippen LogP contribution in [0, 0.1) is 56.7 Å².